The minimum atomic E-state index is -3.74. The van der Waals surface area contributed by atoms with Crippen LogP contribution in [0.25, 0.3) is 0 Å². The van der Waals surface area contributed by atoms with Gasteiger partial charge < -0.3 is 10.2 Å². The number of rotatable bonds is 8. The highest BCUT2D eigenvalue weighted by molar-refractivity contribution is 7.89. The Labute approximate surface area is 205 Å². The van der Waals surface area contributed by atoms with Gasteiger partial charge in [-0.1, -0.05) is 26.0 Å². The highest BCUT2D eigenvalue weighted by atomic mass is 32.2. The molecule has 2 aromatic carbocycles. The molecule has 2 aliphatic rings. The number of anilines is 2. The molecule has 0 radical (unpaired) electrons. The maximum absolute atomic E-state index is 13.1. The summed E-state index contributed by atoms with van der Waals surface area (Å²) in [6.07, 6.45) is 3.12. The van der Waals surface area contributed by atoms with Gasteiger partial charge in [0.05, 0.1) is 27.4 Å². The SMILES string of the molecule is CCN(CC)S(=O)(=O)c1ccc(N2CCCCC2)c(NC(=O)CN2C(=O)c3ccccc3C2=O)c1. The average molecular weight is 499 g/mol. The van der Waals surface area contributed by atoms with E-state index < -0.39 is 34.3 Å². The van der Waals surface area contributed by atoms with Crippen LogP contribution < -0.4 is 10.2 Å². The summed E-state index contributed by atoms with van der Waals surface area (Å²) in [5.41, 5.74) is 1.61. The normalized spacial score (nSPS) is 16.1. The van der Waals surface area contributed by atoms with Crippen molar-refractivity contribution in [3.63, 3.8) is 0 Å². The number of imide groups is 1. The topological polar surface area (TPSA) is 107 Å². The van der Waals surface area contributed by atoms with Crippen molar-refractivity contribution in [3.8, 4) is 0 Å². The Morgan fingerprint density at radius 2 is 1.54 bits per heavy atom. The van der Waals surface area contributed by atoms with Gasteiger partial charge in [-0.15, -0.1) is 0 Å². The number of nitrogens with zero attached hydrogens (tertiary/aromatic N) is 3. The second-order valence-electron chi connectivity index (χ2n) is 8.61. The molecule has 9 nitrogen and oxygen atoms in total. The third kappa shape index (κ3) is 4.81. The lowest BCUT2D eigenvalue weighted by Gasteiger charge is -2.31. The van der Waals surface area contributed by atoms with Crippen LogP contribution in [0.3, 0.4) is 0 Å². The molecule has 1 N–H and O–H groups in total. The Kier molecular flexibility index (Phi) is 7.23. The van der Waals surface area contributed by atoms with Gasteiger partial charge >= 0.3 is 0 Å². The molecular formula is C25H30N4O5S. The number of benzene rings is 2. The number of piperidine rings is 1. The molecule has 1 saturated heterocycles. The Balaban J connectivity index is 1.62. The summed E-state index contributed by atoms with van der Waals surface area (Å²) in [5.74, 6) is -1.61. The number of hydrogen-bond acceptors (Lipinski definition) is 6. The van der Waals surface area contributed by atoms with E-state index in [1.54, 1.807) is 50.2 Å². The minimum absolute atomic E-state index is 0.0815. The first kappa shape index (κ1) is 24.9. The van der Waals surface area contributed by atoms with Gasteiger partial charge in [0.25, 0.3) is 11.8 Å². The number of nitrogens with one attached hydrogen (secondary N) is 1. The molecule has 0 aromatic heterocycles. The van der Waals surface area contributed by atoms with Crippen LogP contribution in [-0.2, 0) is 14.8 Å². The lowest BCUT2D eigenvalue weighted by molar-refractivity contribution is -0.116. The van der Waals surface area contributed by atoms with Crippen molar-refractivity contribution in [2.75, 3.05) is 42.9 Å². The van der Waals surface area contributed by atoms with Crippen LogP contribution in [0.4, 0.5) is 11.4 Å². The zero-order valence-corrected chi connectivity index (χ0v) is 20.8. The average Bonchev–Trinajstić information content (AvgIpc) is 3.10. The molecule has 0 spiro atoms. The minimum Gasteiger partial charge on any atom is -0.370 e. The molecule has 186 valence electrons. The van der Waals surface area contributed by atoms with Gasteiger partial charge in [0, 0.05) is 26.2 Å². The zero-order valence-electron chi connectivity index (χ0n) is 20.0. The summed E-state index contributed by atoms with van der Waals surface area (Å²) in [7, 11) is -3.74. The zero-order chi connectivity index (χ0) is 25.2. The van der Waals surface area contributed by atoms with E-state index in [1.807, 2.05) is 0 Å². The van der Waals surface area contributed by atoms with E-state index in [4.69, 9.17) is 0 Å². The van der Waals surface area contributed by atoms with Crippen molar-refractivity contribution in [1.29, 1.82) is 0 Å². The first-order valence-electron chi connectivity index (χ1n) is 11.9. The Morgan fingerprint density at radius 1 is 0.943 bits per heavy atom. The highest BCUT2D eigenvalue weighted by Gasteiger charge is 2.36. The first-order chi connectivity index (χ1) is 16.8. The van der Waals surface area contributed by atoms with Crippen LogP contribution in [0, 0.1) is 0 Å². The van der Waals surface area contributed by atoms with Gasteiger partial charge in [0.15, 0.2) is 0 Å². The van der Waals surface area contributed by atoms with Gasteiger partial charge in [-0.3, -0.25) is 19.3 Å². The lowest BCUT2D eigenvalue weighted by Crippen LogP contribution is -2.38. The van der Waals surface area contributed by atoms with E-state index in [-0.39, 0.29) is 16.0 Å². The highest BCUT2D eigenvalue weighted by Crippen LogP contribution is 2.32. The van der Waals surface area contributed by atoms with Crippen LogP contribution in [0.5, 0.6) is 0 Å². The van der Waals surface area contributed by atoms with Crippen molar-refractivity contribution in [1.82, 2.24) is 9.21 Å². The molecule has 2 aromatic rings. The van der Waals surface area contributed by atoms with Crippen LogP contribution in [-0.4, -0.2) is 68.1 Å². The monoisotopic (exact) mass is 498 g/mol. The molecule has 4 rings (SSSR count). The molecule has 0 bridgehead atoms. The standard InChI is InChI=1S/C25H30N4O5S/c1-3-28(4-2)35(33,34)18-12-13-22(27-14-8-5-9-15-27)21(16-18)26-23(30)17-29-24(31)19-10-6-7-11-20(19)25(29)32/h6-7,10-13,16H,3-5,8-9,14-15,17H2,1-2H3,(H,26,30). The fourth-order valence-corrected chi connectivity index (χ4v) is 6.10. The van der Waals surface area contributed by atoms with E-state index in [9.17, 15) is 22.8 Å². The molecule has 10 heteroatoms. The van der Waals surface area contributed by atoms with Gasteiger partial charge in [-0.2, -0.15) is 4.31 Å². The van der Waals surface area contributed by atoms with E-state index in [0.717, 1.165) is 42.9 Å². The van der Waals surface area contributed by atoms with E-state index in [0.29, 0.717) is 18.8 Å². The van der Waals surface area contributed by atoms with Crippen molar-refractivity contribution < 1.29 is 22.8 Å². The van der Waals surface area contributed by atoms with E-state index in [1.165, 1.54) is 10.4 Å². The predicted molar refractivity (Wildman–Crippen MR) is 133 cm³/mol. The Hall–Kier alpha value is -3.24. The number of sulfonamides is 1. The van der Waals surface area contributed by atoms with Crippen LogP contribution in [0.1, 0.15) is 53.8 Å². The summed E-state index contributed by atoms with van der Waals surface area (Å²) < 4.78 is 27.6. The van der Waals surface area contributed by atoms with Gasteiger partial charge in [-0.25, -0.2) is 8.42 Å². The predicted octanol–water partition coefficient (Wildman–Crippen LogP) is 2.94. The van der Waals surface area contributed by atoms with E-state index >= 15 is 0 Å². The van der Waals surface area contributed by atoms with Gasteiger partial charge in [0.1, 0.15) is 6.54 Å². The molecule has 0 unspecified atom stereocenters. The van der Waals surface area contributed by atoms with Crippen molar-refractivity contribution in [2.45, 2.75) is 38.0 Å². The third-order valence-electron chi connectivity index (χ3n) is 6.46. The molecule has 0 saturated carbocycles. The van der Waals surface area contributed by atoms with Crippen LogP contribution in [0.15, 0.2) is 47.4 Å². The summed E-state index contributed by atoms with van der Waals surface area (Å²) in [6, 6.07) is 11.2. The number of hydrogen-bond donors (Lipinski definition) is 1. The molecule has 0 aliphatic carbocycles. The molecule has 2 heterocycles. The number of amides is 3. The van der Waals surface area contributed by atoms with Crippen LogP contribution in [0.2, 0.25) is 0 Å². The molecule has 35 heavy (non-hydrogen) atoms. The second kappa shape index (κ2) is 10.2. The maximum atomic E-state index is 13.1. The Bertz CT molecular complexity index is 1220. The fraction of sp³-hybridized carbons (Fsp3) is 0.400. The maximum Gasteiger partial charge on any atom is 0.262 e. The van der Waals surface area contributed by atoms with E-state index in [2.05, 4.69) is 10.2 Å². The molecule has 2 aliphatic heterocycles. The Morgan fingerprint density at radius 3 is 2.11 bits per heavy atom. The third-order valence-corrected chi connectivity index (χ3v) is 8.51. The molecular weight excluding hydrogens is 468 g/mol. The molecule has 1 fully saturated rings. The van der Waals surface area contributed by atoms with Gasteiger partial charge in [-0.05, 0) is 49.6 Å². The molecule has 0 atom stereocenters. The summed E-state index contributed by atoms with van der Waals surface area (Å²) >= 11 is 0. The van der Waals surface area contributed by atoms with Gasteiger partial charge in [0.2, 0.25) is 15.9 Å². The van der Waals surface area contributed by atoms with Crippen molar-refractivity contribution >= 4 is 39.1 Å². The first-order valence-corrected chi connectivity index (χ1v) is 13.4. The smallest absolute Gasteiger partial charge is 0.262 e. The van der Waals surface area contributed by atoms with Crippen molar-refractivity contribution in [2.24, 2.45) is 0 Å². The lowest BCUT2D eigenvalue weighted by atomic mass is 10.1. The van der Waals surface area contributed by atoms with Crippen LogP contribution >= 0.6 is 0 Å². The van der Waals surface area contributed by atoms with Crippen molar-refractivity contribution in [3.05, 3.63) is 53.6 Å². The largest absolute Gasteiger partial charge is 0.370 e. The second-order valence-corrected chi connectivity index (χ2v) is 10.5. The summed E-state index contributed by atoms with van der Waals surface area (Å²) in [5, 5.41) is 2.78. The number of carbonyl (C=O) groups excluding carboxylic acids is 3. The number of carbonyl (C=O) groups is 3. The quantitative estimate of drug-likeness (QED) is 0.561. The molecule has 3 amide bonds. The summed E-state index contributed by atoms with van der Waals surface area (Å²) in [6.45, 7) is 5.33. The fourth-order valence-electron chi connectivity index (χ4n) is 4.61. The number of fused-ring (bicyclic) bond motifs is 1. The summed E-state index contributed by atoms with van der Waals surface area (Å²) in [4.78, 5) is 41.5.